The summed E-state index contributed by atoms with van der Waals surface area (Å²) in [5, 5.41) is 17.0. The van der Waals surface area contributed by atoms with Crippen LogP contribution in [0.1, 0.15) is 38.0 Å². The van der Waals surface area contributed by atoms with Crippen LogP contribution in [0.4, 0.5) is 0 Å². The molecule has 0 radical (unpaired) electrons. The highest BCUT2D eigenvalue weighted by Gasteiger charge is 2.09. The largest absolute Gasteiger partial charge is 0.497 e. The van der Waals surface area contributed by atoms with Gasteiger partial charge in [0.25, 0.3) is 0 Å². The summed E-state index contributed by atoms with van der Waals surface area (Å²) >= 11 is 0. The average molecular weight is 557 g/mol. The maximum atomic E-state index is 10.5. The van der Waals surface area contributed by atoms with Crippen LogP contribution in [0.2, 0.25) is 0 Å². The van der Waals surface area contributed by atoms with E-state index in [1.54, 1.807) is 14.2 Å². The van der Waals surface area contributed by atoms with Crippen LogP contribution in [0.3, 0.4) is 0 Å². The third-order valence-corrected chi connectivity index (χ3v) is 4.58. The number of aliphatic hydroxyl groups excluding tert-OH is 1. The van der Waals surface area contributed by atoms with Gasteiger partial charge >= 0.3 is 0 Å². The quantitative estimate of drug-likeness (QED) is 0.221. The van der Waals surface area contributed by atoms with Gasteiger partial charge in [-0.05, 0) is 68.7 Å². The fourth-order valence-electron chi connectivity index (χ4n) is 3.06. The van der Waals surface area contributed by atoms with Gasteiger partial charge in [-0.15, -0.1) is 24.0 Å². The molecule has 0 fully saturated rings. The number of aliphatic imine (C=N–C) groups is 1. The van der Waals surface area contributed by atoms with E-state index in [2.05, 4.69) is 15.6 Å². The van der Waals surface area contributed by atoms with Gasteiger partial charge in [0.15, 0.2) is 5.96 Å². The number of nitrogens with one attached hydrogen (secondary N) is 2. The Labute approximate surface area is 208 Å². The molecule has 0 aliphatic rings. The van der Waals surface area contributed by atoms with Crippen LogP contribution in [-0.4, -0.2) is 51.0 Å². The van der Waals surface area contributed by atoms with Gasteiger partial charge in [-0.1, -0.05) is 12.1 Å². The van der Waals surface area contributed by atoms with E-state index in [4.69, 9.17) is 14.2 Å². The zero-order valence-corrected chi connectivity index (χ0v) is 21.9. The van der Waals surface area contributed by atoms with Crippen molar-refractivity contribution in [2.24, 2.45) is 4.99 Å². The number of halogens is 1. The molecule has 0 saturated heterocycles. The van der Waals surface area contributed by atoms with Gasteiger partial charge in [0.05, 0.1) is 33.0 Å². The molecule has 32 heavy (non-hydrogen) atoms. The predicted molar refractivity (Wildman–Crippen MR) is 140 cm³/mol. The minimum atomic E-state index is -0.693. The molecule has 1 unspecified atom stereocenters. The second kappa shape index (κ2) is 14.8. The van der Waals surface area contributed by atoms with E-state index >= 15 is 0 Å². The van der Waals surface area contributed by atoms with E-state index in [1.165, 1.54) is 0 Å². The van der Waals surface area contributed by atoms with Crippen molar-refractivity contribution >= 4 is 29.9 Å². The molecule has 7 nitrogen and oxygen atoms in total. The number of ether oxygens (including phenoxy) is 3. The van der Waals surface area contributed by atoms with Crippen molar-refractivity contribution in [3.8, 4) is 17.2 Å². The maximum Gasteiger partial charge on any atom is 0.191 e. The molecule has 178 valence electrons. The Kier molecular flexibility index (Phi) is 12.9. The molecule has 0 saturated carbocycles. The highest BCUT2D eigenvalue weighted by molar-refractivity contribution is 14.0. The molecule has 0 aromatic heterocycles. The summed E-state index contributed by atoms with van der Waals surface area (Å²) in [6, 6.07) is 13.2. The summed E-state index contributed by atoms with van der Waals surface area (Å²) in [4.78, 5) is 4.53. The smallest absolute Gasteiger partial charge is 0.191 e. The number of aliphatic hydroxyl groups is 1. The van der Waals surface area contributed by atoms with Crippen LogP contribution in [0.15, 0.2) is 47.5 Å². The van der Waals surface area contributed by atoms with Gasteiger partial charge in [-0.2, -0.15) is 0 Å². The lowest BCUT2D eigenvalue weighted by molar-refractivity contribution is 0.186. The Morgan fingerprint density at radius 2 is 1.69 bits per heavy atom. The standard InChI is InChI=1S/C24H35N3O4.HI/c1-6-25-24(26-14-13-19-15-21(29-4)11-12-23(19)30-5)27-16-22(28)18-7-9-20(10-8-18)31-17(2)3;/h7-12,15,17,22,28H,6,13-14,16H2,1-5H3,(H2,25,26,27);1H. The molecular formula is C24H36IN3O4. The van der Waals surface area contributed by atoms with Crippen LogP contribution in [0, 0.1) is 0 Å². The van der Waals surface area contributed by atoms with E-state index in [0.29, 0.717) is 12.5 Å². The second-order valence-corrected chi connectivity index (χ2v) is 7.33. The summed E-state index contributed by atoms with van der Waals surface area (Å²) in [6.07, 6.45) is 0.165. The lowest BCUT2D eigenvalue weighted by atomic mass is 10.1. The molecule has 2 aromatic carbocycles. The number of benzene rings is 2. The van der Waals surface area contributed by atoms with Gasteiger partial charge in [-0.25, -0.2) is 0 Å². The van der Waals surface area contributed by atoms with Crippen LogP contribution in [0.25, 0.3) is 0 Å². The van der Waals surface area contributed by atoms with Gasteiger partial charge in [0, 0.05) is 13.1 Å². The SMILES string of the molecule is CCNC(=NCC(O)c1ccc(OC(C)C)cc1)NCCc1cc(OC)ccc1OC.I. The highest BCUT2D eigenvalue weighted by Crippen LogP contribution is 2.24. The molecule has 0 amide bonds. The molecule has 2 rings (SSSR count). The summed E-state index contributed by atoms with van der Waals surface area (Å²) < 4.78 is 16.4. The third kappa shape index (κ3) is 9.12. The van der Waals surface area contributed by atoms with Crippen LogP contribution in [-0.2, 0) is 6.42 Å². The van der Waals surface area contributed by atoms with E-state index in [9.17, 15) is 5.11 Å². The Hall–Kier alpha value is -2.20. The topological polar surface area (TPSA) is 84.3 Å². The molecule has 0 aliphatic carbocycles. The van der Waals surface area contributed by atoms with Crippen LogP contribution in [0.5, 0.6) is 17.2 Å². The summed E-state index contributed by atoms with van der Waals surface area (Å²) in [5.74, 6) is 3.06. The van der Waals surface area contributed by atoms with E-state index in [1.807, 2.05) is 63.2 Å². The zero-order chi connectivity index (χ0) is 22.6. The molecule has 8 heteroatoms. The van der Waals surface area contributed by atoms with Gasteiger partial charge < -0.3 is 30.0 Å². The molecule has 3 N–H and O–H groups in total. The zero-order valence-electron chi connectivity index (χ0n) is 19.6. The minimum Gasteiger partial charge on any atom is -0.497 e. The fourth-order valence-corrected chi connectivity index (χ4v) is 3.06. The Morgan fingerprint density at radius 1 is 1.00 bits per heavy atom. The van der Waals surface area contributed by atoms with Gasteiger partial charge in [0.1, 0.15) is 17.2 Å². The van der Waals surface area contributed by atoms with E-state index in [-0.39, 0.29) is 36.6 Å². The molecule has 0 bridgehead atoms. The average Bonchev–Trinajstić information content (AvgIpc) is 2.77. The number of guanidine groups is 1. The number of methoxy groups -OCH3 is 2. The molecule has 0 spiro atoms. The summed E-state index contributed by atoms with van der Waals surface area (Å²) in [7, 11) is 3.31. The van der Waals surface area contributed by atoms with Crippen molar-refractivity contribution in [1.82, 2.24) is 10.6 Å². The number of rotatable bonds is 11. The van der Waals surface area contributed by atoms with Crippen LogP contribution < -0.4 is 24.8 Å². The minimum absolute atomic E-state index is 0. The van der Waals surface area contributed by atoms with Crippen molar-refractivity contribution in [1.29, 1.82) is 0 Å². The first kappa shape index (κ1) is 27.8. The molecule has 0 heterocycles. The maximum absolute atomic E-state index is 10.5. The van der Waals surface area contributed by atoms with Gasteiger partial charge in [-0.3, -0.25) is 4.99 Å². The van der Waals surface area contributed by atoms with E-state index < -0.39 is 6.10 Å². The molecule has 0 aliphatic heterocycles. The molecule has 1 atom stereocenters. The van der Waals surface area contributed by atoms with Crippen LogP contribution >= 0.6 is 24.0 Å². The first-order valence-corrected chi connectivity index (χ1v) is 10.6. The first-order chi connectivity index (χ1) is 15.0. The van der Waals surface area contributed by atoms with Crippen molar-refractivity contribution < 1.29 is 19.3 Å². The fraction of sp³-hybridized carbons (Fsp3) is 0.458. The first-order valence-electron chi connectivity index (χ1n) is 10.6. The number of hydrogen-bond donors (Lipinski definition) is 3. The number of nitrogens with zero attached hydrogens (tertiary/aromatic N) is 1. The predicted octanol–water partition coefficient (Wildman–Crippen LogP) is 3.94. The normalized spacial score (nSPS) is 12.0. The summed E-state index contributed by atoms with van der Waals surface area (Å²) in [6.45, 7) is 7.61. The van der Waals surface area contributed by atoms with Crippen molar-refractivity contribution in [3.05, 3.63) is 53.6 Å². The van der Waals surface area contributed by atoms with Crippen molar-refractivity contribution in [2.75, 3.05) is 33.9 Å². The van der Waals surface area contributed by atoms with Crippen molar-refractivity contribution in [3.63, 3.8) is 0 Å². The third-order valence-electron chi connectivity index (χ3n) is 4.58. The van der Waals surface area contributed by atoms with Gasteiger partial charge in [0.2, 0.25) is 0 Å². The second-order valence-electron chi connectivity index (χ2n) is 7.33. The summed E-state index contributed by atoms with van der Waals surface area (Å²) in [5.41, 5.74) is 1.85. The lowest BCUT2D eigenvalue weighted by Crippen LogP contribution is -2.38. The Morgan fingerprint density at radius 3 is 2.28 bits per heavy atom. The highest BCUT2D eigenvalue weighted by atomic mass is 127. The number of hydrogen-bond acceptors (Lipinski definition) is 5. The monoisotopic (exact) mass is 557 g/mol. The van der Waals surface area contributed by atoms with Crippen molar-refractivity contribution in [2.45, 2.75) is 39.4 Å². The lowest BCUT2D eigenvalue weighted by Gasteiger charge is -2.15. The Balaban J connectivity index is 0.00000512. The molecular weight excluding hydrogens is 521 g/mol. The molecule has 2 aromatic rings. The van der Waals surface area contributed by atoms with E-state index in [0.717, 1.165) is 41.3 Å². The Bertz CT molecular complexity index is 828.